The van der Waals surface area contributed by atoms with E-state index in [1.807, 2.05) is 48.5 Å². The summed E-state index contributed by atoms with van der Waals surface area (Å²) >= 11 is 1.59. The average Bonchev–Trinajstić information content (AvgIpc) is 3.00. The molecule has 2 aromatic carbocycles. The fourth-order valence-corrected chi connectivity index (χ4v) is 3.52. The predicted octanol–water partition coefficient (Wildman–Crippen LogP) is 4.86. The molecule has 1 aromatic heterocycles. The summed E-state index contributed by atoms with van der Waals surface area (Å²) in [6, 6.07) is 15.1. The Balaban J connectivity index is 1.82. The summed E-state index contributed by atoms with van der Waals surface area (Å²) in [4.78, 5) is 24.3. The molecule has 5 nitrogen and oxygen atoms in total. The second kappa shape index (κ2) is 8.10. The van der Waals surface area contributed by atoms with Crippen LogP contribution in [0.4, 0.5) is 5.69 Å². The number of furan rings is 1. The van der Waals surface area contributed by atoms with Gasteiger partial charge in [0.2, 0.25) is 11.7 Å². The summed E-state index contributed by atoms with van der Waals surface area (Å²) in [6.07, 6.45) is 0. The largest absolute Gasteiger partial charge is 0.460 e. The first kappa shape index (κ1) is 18.1. The van der Waals surface area contributed by atoms with Gasteiger partial charge >= 0.3 is 5.97 Å². The van der Waals surface area contributed by atoms with E-state index in [0.717, 1.165) is 21.5 Å². The molecule has 1 N–H and O–H groups in total. The first-order valence-electron chi connectivity index (χ1n) is 8.26. The van der Waals surface area contributed by atoms with Gasteiger partial charge in [0.05, 0.1) is 6.61 Å². The van der Waals surface area contributed by atoms with E-state index in [0.29, 0.717) is 17.9 Å². The van der Waals surface area contributed by atoms with Crippen LogP contribution in [0.15, 0.2) is 57.8 Å². The minimum absolute atomic E-state index is 0.102. The number of thioether (sulfide) groups is 1. The summed E-state index contributed by atoms with van der Waals surface area (Å²) in [5, 5.41) is 3.65. The average molecular weight is 369 g/mol. The Morgan fingerprint density at radius 3 is 2.54 bits per heavy atom. The number of amides is 1. The van der Waals surface area contributed by atoms with Crippen molar-refractivity contribution in [3.8, 4) is 0 Å². The van der Waals surface area contributed by atoms with Crippen LogP contribution in [0, 0.1) is 0 Å². The number of hydrogen-bond donors (Lipinski definition) is 1. The van der Waals surface area contributed by atoms with Crippen molar-refractivity contribution < 1.29 is 18.7 Å². The highest BCUT2D eigenvalue weighted by atomic mass is 32.2. The summed E-state index contributed by atoms with van der Waals surface area (Å²) in [5.41, 5.74) is 2.25. The van der Waals surface area contributed by atoms with Gasteiger partial charge in [0.1, 0.15) is 5.58 Å². The van der Waals surface area contributed by atoms with Crippen LogP contribution in [0.2, 0.25) is 0 Å². The van der Waals surface area contributed by atoms with Gasteiger partial charge in [0.25, 0.3) is 0 Å². The second-order valence-electron chi connectivity index (χ2n) is 5.62. The van der Waals surface area contributed by atoms with E-state index < -0.39 is 5.97 Å². The zero-order valence-corrected chi connectivity index (χ0v) is 15.4. The molecule has 0 aliphatic rings. The SMILES string of the molecule is CCOC(=O)c1oc2ccccc2c1CSc1ccc(NC(C)=O)cc1. The lowest BCUT2D eigenvalue weighted by molar-refractivity contribution is -0.114. The number of anilines is 1. The molecule has 0 atom stereocenters. The Hall–Kier alpha value is -2.73. The van der Waals surface area contributed by atoms with E-state index in [9.17, 15) is 9.59 Å². The molecule has 0 saturated carbocycles. The molecule has 6 heteroatoms. The molecule has 3 aromatic rings. The Kier molecular flexibility index (Phi) is 5.63. The van der Waals surface area contributed by atoms with Gasteiger partial charge in [-0.15, -0.1) is 11.8 Å². The van der Waals surface area contributed by atoms with Gasteiger partial charge in [-0.1, -0.05) is 18.2 Å². The number of nitrogens with one attached hydrogen (secondary N) is 1. The fourth-order valence-electron chi connectivity index (χ4n) is 2.60. The summed E-state index contributed by atoms with van der Waals surface area (Å²) in [5.74, 6) is 0.287. The standard InChI is InChI=1S/C20H19NO4S/c1-3-24-20(23)19-17(16-6-4-5-7-18(16)25-19)12-26-15-10-8-14(9-11-15)21-13(2)22/h4-11H,3,12H2,1-2H3,(H,21,22). The lowest BCUT2D eigenvalue weighted by atomic mass is 10.1. The molecule has 0 fully saturated rings. The minimum Gasteiger partial charge on any atom is -0.460 e. The number of carbonyl (C=O) groups excluding carboxylic acids is 2. The molecule has 0 spiro atoms. The smallest absolute Gasteiger partial charge is 0.374 e. The molecule has 26 heavy (non-hydrogen) atoms. The monoisotopic (exact) mass is 369 g/mol. The molecular formula is C20H19NO4S. The minimum atomic E-state index is -0.444. The van der Waals surface area contributed by atoms with Gasteiger partial charge < -0.3 is 14.5 Å². The Morgan fingerprint density at radius 1 is 1.12 bits per heavy atom. The van der Waals surface area contributed by atoms with Gasteiger partial charge in [0.15, 0.2) is 0 Å². The molecule has 134 valence electrons. The highest BCUT2D eigenvalue weighted by Crippen LogP contribution is 2.32. The van der Waals surface area contributed by atoms with E-state index >= 15 is 0 Å². The van der Waals surface area contributed by atoms with Crippen LogP contribution in [0.25, 0.3) is 11.0 Å². The maximum Gasteiger partial charge on any atom is 0.374 e. The Labute approximate surface area is 155 Å². The van der Waals surface area contributed by atoms with Crippen molar-refractivity contribution in [2.45, 2.75) is 24.5 Å². The molecule has 0 aliphatic carbocycles. The van der Waals surface area contributed by atoms with Crippen LogP contribution < -0.4 is 5.32 Å². The number of esters is 1. The van der Waals surface area contributed by atoms with E-state index in [1.54, 1.807) is 18.7 Å². The van der Waals surface area contributed by atoms with Crippen molar-refractivity contribution in [1.29, 1.82) is 0 Å². The maximum atomic E-state index is 12.2. The number of hydrogen-bond acceptors (Lipinski definition) is 5. The van der Waals surface area contributed by atoms with E-state index in [4.69, 9.17) is 9.15 Å². The van der Waals surface area contributed by atoms with Crippen LogP contribution in [0.3, 0.4) is 0 Å². The van der Waals surface area contributed by atoms with Gasteiger partial charge in [-0.25, -0.2) is 4.79 Å². The molecule has 0 saturated heterocycles. The predicted molar refractivity (Wildman–Crippen MR) is 102 cm³/mol. The number of benzene rings is 2. The molecule has 0 bridgehead atoms. The first-order chi connectivity index (χ1) is 12.6. The van der Waals surface area contributed by atoms with Gasteiger partial charge in [-0.2, -0.15) is 0 Å². The Morgan fingerprint density at radius 2 is 1.85 bits per heavy atom. The first-order valence-corrected chi connectivity index (χ1v) is 9.25. The van der Waals surface area contributed by atoms with Crippen LogP contribution in [0.1, 0.15) is 30.0 Å². The molecule has 0 unspecified atom stereocenters. The number of carbonyl (C=O) groups is 2. The van der Waals surface area contributed by atoms with Crippen molar-refractivity contribution in [2.24, 2.45) is 0 Å². The lowest BCUT2D eigenvalue weighted by Gasteiger charge is -2.06. The molecular weight excluding hydrogens is 350 g/mol. The van der Waals surface area contributed by atoms with Crippen LogP contribution >= 0.6 is 11.8 Å². The third-order valence-corrected chi connectivity index (χ3v) is 4.76. The summed E-state index contributed by atoms with van der Waals surface area (Å²) in [6.45, 7) is 3.54. The van der Waals surface area contributed by atoms with Gasteiger partial charge in [-0.05, 0) is 37.3 Å². The van der Waals surface area contributed by atoms with Crippen LogP contribution in [-0.4, -0.2) is 18.5 Å². The number of ether oxygens (including phenoxy) is 1. The van der Waals surface area contributed by atoms with Gasteiger partial charge in [-0.3, -0.25) is 4.79 Å². The third-order valence-electron chi connectivity index (χ3n) is 3.72. The number of rotatable bonds is 6. The van der Waals surface area contributed by atoms with Gasteiger partial charge in [0, 0.05) is 34.2 Å². The maximum absolute atomic E-state index is 12.2. The number of para-hydroxylation sites is 1. The van der Waals surface area contributed by atoms with Crippen molar-refractivity contribution in [3.63, 3.8) is 0 Å². The third kappa shape index (κ3) is 4.08. The van der Waals surface area contributed by atoms with Crippen molar-refractivity contribution in [1.82, 2.24) is 0 Å². The molecule has 0 radical (unpaired) electrons. The molecule has 3 rings (SSSR count). The summed E-state index contributed by atoms with van der Waals surface area (Å²) in [7, 11) is 0. The highest BCUT2D eigenvalue weighted by Gasteiger charge is 2.21. The second-order valence-corrected chi connectivity index (χ2v) is 6.67. The van der Waals surface area contributed by atoms with Crippen molar-refractivity contribution in [2.75, 3.05) is 11.9 Å². The Bertz CT molecular complexity index is 931. The van der Waals surface area contributed by atoms with Crippen LogP contribution in [0.5, 0.6) is 0 Å². The normalized spacial score (nSPS) is 10.7. The molecule has 0 aliphatic heterocycles. The van der Waals surface area contributed by atoms with Crippen molar-refractivity contribution >= 4 is 40.3 Å². The number of fused-ring (bicyclic) bond motifs is 1. The lowest BCUT2D eigenvalue weighted by Crippen LogP contribution is -2.05. The quantitative estimate of drug-likeness (QED) is 0.496. The van der Waals surface area contributed by atoms with E-state index in [-0.39, 0.29) is 11.7 Å². The van der Waals surface area contributed by atoms with Crippen molar-refractivity contribution in [3.05, 3.63) is 59.9 Å². The molecule has 1 heterocycles. The zero-order valence-electron chi connectivity index (χ0n) is 14.6. The zero-order chi connectivity index (χ0) is 18.5. The fraction of sp³-hybridized carbons (Fsp3) is 0.200. The highest BCUT2D eigenvalue weighted by molar-refractivity contribution is 7.98. The summed E-state index contributed by atoms with van der Waals surface area (Å²) < 4.78 is 10.9. The van der Waals surface area contributed by atoms with E-state index in [2.05, 4.69) is 5.32 Å². The molecule has 1 amide bonds. The topological polar surface area (TPSA) is 68.5 Å². The van der Waals surface area contributed by atoms with Crippen LogP contribution in [-0.2, 0) is 15.3 Å². The van der Waals surface area contributed by atoms with E-state index in [1.165, 1.54) is 6.92 Å².